The minimum atomic E-state index is 0.0573. The van der Waals surface area contributed by atoms with Crippen molar-refractivity contribution in [2.24, 2.45) is 0 Å². The molecule has 4 nitrogen and oxygen atoms in total. The lowest BCUT2D eigenvalue weighted by atomic mass is 10.3. The van der Waals surface area contributed by atoms with Crippen LogP contribution < -0.4 is 5.69 Å². The molecule has 0 aliphatic rings. The third-order valence-corrected chi connectivity index (χ3v) is 3.74. The van der Waals surface area contributed by atoms with Gasteiger partial charge < -0.3 is 0 Å². The van der Waals surface area contributed by atoms with Gasteiger partial charge in [0.05, 0.1) is 17.2 Å². The Morgan fingerprint density at radius 1 is 1.22 bits per heavy atom. The summed E-state index contributed by atoms with van der Waals surface area (Å²) in [5, 5.41) is 3.21. The van der Waals surface area contributed by atoms with Crippen molar-refractivity contribution in [3.05, 3.63) is 39.0 Å². The summed E-state index contributed by atoms with van der Waals surface area (Å²) in [6.45, 7) is 5.58. The van der Waals surface area contributed by atoms with Crippen LogP contribution in [0.25, 0.3) is 0 Å². The predicted molar refractivity (Wildman–Crippen MR) is 74.2 cm³/mol. The number of imidazole rings is 1. The van der Waals surface area contributed by atoms with E-state index in [0.29, 0.717) is 6.54 Å². The van der Waals surface area contributed by atoms with Gasteiger partial charge in [-0.15, -0.1) is 11.3 Å². The standard InChI is InChI=1S/C13H19N3OS/c1-3-5-12-14-11(10-18-12)9-16-8-7-15(6-4-2)13(16)17/h7-8,10H,3-6,9H2,1-2H3. The zero-order valence-corrected chi connectivity index (χ0v) is 11.7. The van der Waals surface area contributed by atoms with E-state index < -0.39 is 0 Å². The van der Waals surface area contributed by atoms with E-state index in [0.717, 1.165) is 36.5 Å². The van der Waals surface area contributed by atoms with Crippen LogP contribution >= 0.6 is 11.3 Å². The third-order valence-electron chi connectivity index (χ3n) is 2.78. The molecule has 0 aliphatic carbocycles. The van der Waals surface area contributed by atoms with Crippen LogP contribution in [-0.4, -0.2) is 14.1 Å². The molecular weight excluding hydrogens is 246 g/mol. The van der Waals surface area contributed by atoms with Crippen LogP contribution in [0, 0.1) is 0 Å². The highest BCUT2D eigenvalue weighted by Gasteiger charge is 2.06. The molecule has 0 N–H and O–H groups in total. The van der Waals surface area contributed by atoms with E-state index in [1.165, 1.54) is 0 Å². The van der Waals surface area contributed by atoms with E-state index in [1.807, 2.05) is 12.4 Å². The fourth-order valence-corrected chi connectivity index (χ4v) is 2.80. The minimum Gasteiger partial charge on any atom is -0.299 e. The van der Waals surface area contributed by atoms with Crippen molar-refractivity contribution < 1.29 is 0 Å². The van der Waals surface area contributed by atoms with E-state index in [-0.39, 0.29) is 5.69 Å². The quantitative estimate of drug-likeness (QED) is 0.805. The first-order valence-corrected chi connectivity index (χ1v) is 7.31. The highest BCUT2D eigenvalue weighted by molar-refractivity contribution is 7.09. The maximum atomic E-state index is 12.0. The smallest absolute Gasteiger partial charge is 0.299 e. The fourth-order valence-electron chi connectivity index (χ4n) is 1.91. The summed E-state index contributed by atoms with van der Waals surface area (Å²) in [4.78, 5) is 16.5. The van der Waals surface area contributed by atoms with Gasteiger partial charge in [0.15, 0.2) is 0 Å². The number of thiazole rings is 1. The summed E-state index contributed by atoms with van der Waals surface area (Å²) in [6.07, 6.45) is 6.81. The van der Waals surface area contributed by atoms with Gasteiger partial charge in [-0.25, -0.2) is 9.78 Å². The Balaban J connectivity index is 2.10. The molecule has 18 heavy (non-hydrogen) atoms. The van der Waals surface area contributed by atoms with Gasteiger partial charge in [0.2, 0.25) is 0 Å². The Kier molecular flexibility index (Phi) is 4.36. The lowest BCUT2D eigenvalue weighted by Gasteiger charge is -1.99. The van der Waals surface area contributed by atoms with Crippen LogP contribution in [0.1, 0.15) is 37.4 Å². The summed E-state index contributed by atoms with van der Waals surface area (Å²) in [5.41, 5.74) is 1.04. The molecule has 0 aromatic carbocycles. The van der Waals surface area contributed by atoms with E-state index in [1.54, 1.807) is 20.5 Å². The van der Waals surface area contributed by atoms with Crippen LogP contribution in [0.5, 0.6) is 0 Å². The largest absolute Gasteiger partial charge is 0.328 e. The first-order valence-electron chi connectivity index (χ1n) is 6.43. The highest BCUT2D eigenvalue weighted by atomic mass is 32.1. The summed E-state index contributed by atoms with van der Waals surface area (Å²) >= 11 is 1.68. The van der Waals surface area contributed by atoms with Gasteiger partial charge >= 0.3 is 5.69 Å². The van der Waals surface area contributed by atoms with Gasteiger partial charge in [0, 0.05) is 24.3 Å². The zero-order chi connectivity index (χ0) is 13.0. The fraction of sp³-hybridized carbons (Fsp3) is 0.538. The number of rotatable bonds is 6. The van der Waals surface area contributed by atoms with Crippen molar-refractivity contribution in [1.82, 2.24) is 14.1 Å². The van der Waals surface area contributed by atoms with Crippen LogP contribution in [0.2, 0.25) is 0 Å². The molecule has 0 saturated carbocycles. The topological polar surface area (TPSA) is 39.8 Å². The minimum absolute atomic E-state index is 0.0573. The van der Waals surface area contributed by atoms with E-state index in [4.69, 9.17) is 0 Å². The second kappa shape index (κ2) is 6.00. The summed E-state index contributed by atoms with van der Waals surface area (Å²) in [7, 11) is 0. The molecule has 0 bridgehead atoms. The molecule has 2 aromatic rings. The zero-order valence-electron chi connectivity index (χ0n) is 10.9. The van der Waals surface area contributed by atoms with Gasteiger partial charge in [-0.3, -0.25) is 9.13 Å². The number of aryl methyl sites for hydroxylation is 2. The van der Waals surface area contributed by atoms with Crippen molar-refractivity contribution in [3.63, 3.8) is 0 Å². The molecule has 5 heteroatoms. The van der Waals surface area contributed by atoms with Gasteiger partial charge in [0.25, 0.3) is 0 Å². The molecule has 0 radical (unpaired) electrons. The molecule has 0 saturated heterocycles. The second-order valence-corrected chi connectivity index (χ2v) is 5.33. The number of hydrogen-bond acceptors (Lipinski definition) is 3. The third kappa shape index (κ3) is 2.90. The van der Waals surface area contributed by atoms with Gasteiger partial charge in [-0.2, -0.15) is 0 Å². The molecular formula is C13H19N3OS. The molecule has 0 fully saturated rings. The number of nitrogens with zero attached hydrogens (tertiary/aromatic N) is 3. The Morgan fingerprint density at radius 3 is 2.72 bits per heavy atom. The van der Waals surface area contributed by atoms with Crippen LogP contribution in [0.3, 0.4) is 0 Å². The molecule has 2 aromatic heterocycles. The lowest BCUT2D eigenvalue weighted by Crippen LogP contribution is -2.24. The predicted octanol–water partition coefficient (Wildman–Crippen LogP) is 2.52. The Hall–Kier alpha value is -1.36. The van der Waals surface area contributed by atoms with Crippen molar-refractivity contribution >= 4 is 11.3 Å². The Labute approximate surface area is 111 Å². The molecule has 0 atom stereocenters. The Morgan fingerprint density at radius 2 is 2.00 bits per heavy atom. The normalized spacial score (nSPS) is 11.0. The SMILES string of the molecule is CCCc1nc(Cn2ccn(CCC)c2=O)cs1. The molecule has 0 amide bonds. The van der Waals surface area contributed by atoms with Gasteiger partial charge in [-0.1, -0.05) is 13.8 Å². The maximum absolute atomic E-state index is 12.0. The number of hydrogen-bond donors (Lipinski definition) is 0. The molecule has 0 unspecified atom stereocenters. The monoisotopic (exact) mass is 265 g/mol. The highest BCUT2D eigenvalue weighted by Crippen LogP contribution is 2.12. The molecule has 0 spiro atoms. The summed E-state index contributed by atoms with van der Waals surface area (Å²) in [6, 6.07) is 0. The second-order valence-electron chi connectivity index (χ2n) is 4.38. The van der Waals surface area contributed by atoms with Gasteiger partial charge in [-0.05, 0) is 19.3 Å². The first-order chi connectivity index (χ1) is 8.74. The van der Waals surface area contributed by atoms with E-state index in [9.17, 15) is 4.79 Å². The van der Waals surface area contributed by atoms with Crippen molar-refractivity contribution in [2.45, 2.75) is 46.2 Å². The van der Waals surface area contributed by atoms with E-state index >= 15 is 0 Å². The Bertz CT molecular complexity index is 553. The average molecular weight is 265 g/mol. The molecule has 98 valence electrons. The summed E-state index contributed by atoms with van der Waals surface area (Å²) < 4.78 is 3.47. The number of aromatic nitrogens is 3. The van der Waals surface area contributed by atoms with Crippen molar-refractivity contribution in [1.29, 1.82) is 0 Å². The maximum Gasteiger partial charge on any atom is 0.328 e. The molecule has 2 rings (SSSR count). The molecule has 2 heterocycles. The lowest BCUT2D eigenvalue weighted by molar-refractivity contribution is 0.621. The molecule has 0 aliphatic heterocycles. The summed E-state index contributed by atoms with van der Waals surface area (Å²) in [5.74, 6) is 0. The van der Waals surface area contributed by atoms with Gasteiger partial charge in [0.1, 0.15) is 0 Å². The average Bonchev–Trinajstić information content (AvgIpc) is 2.92. The van der Waals surface area contributed by atoms with Crippen molar-refractivity contribution in [3.8, 4) is 0 Å². The van der Waals surface area contributed by atoms with Crippen molar-refractivity contribution in [2.75, 3.05) is 0 Å². The van der Waals surface area contributed by atoms with E-state index in [2.05, 4.69) is 24.2 Å². The van der Waals surface area contributed by atoms with Crippen LogP contribution in [0.4, 0.5) is 0 Å². The van der Waals surface area contributed by atoms with Crippen LogP contribution in [0.15, 0.2) is 22.6 Å². The van der Waals surface area contributed by atoms with Crippen LogP contribution in [-0.2, 0) is 19.5 Å². The first kappa shape index (κ1) is 13.1.